The van der Waals surface area contributed by atoms with Gasteiger partial charge in [0.05, 0.1) is 6.54 Å². The van der Waals surface area contributed by atoms with E-state index in [1.54, 1.807) is 0 Å². The van der Waals surface area contributed by atoms with Gasteiger partial charge in [0, 0.05) is 10.9 Å². The summed E-state index contributed by atoms with van der Waals surface area (Å²) >= 11 is 1.53. The van der Waals surface area contributed by atoms with Gasteiger partial charge in [-0.05, 0) is 34.4 Å². The second kappa shape index (κ2) is 6.80. The van der Waals surface area contributed by atoms with Gasteiger partial charge in [0.2, 0.25) is 5.82 Å². The Kier molecular flexibility index (Phi) is 4.58. The van der Waals surface area contributed by atoms with Gasteiger partial charge in [0.25, 0.3) is 0 Å². The minimum absolute atomic E-state index is 0.0366. The lowest BCUT2D eigenvalue weighted by atomic mass is 10.1. The Labute approximate surface area is 134 Å². The van der Waals surface area contributed by atoms with E-state index in [-0.39, 0.29) is 12.3 Å². The van der Waals surface area contributed by atoms with Crippen molar-refractivity contribution in [2.24, 2.45) is 0 Å². The summed E-state index contributed by atoms with van der Waals surface area (Å²) in [5.41, 5.74) is 1.41. The van der Waals surface area contributed by atoms with E-state index in [9.17, 15) is 13.9 Å². The normalized spacial score (nSPS) is 12.5. The zero-order valence-electron chi connectivity index (χ0n) is 11.7. The first-order valence-electron chi connectivity index (χ1n) is 6.65. The first-order valence-corrected chi connectivity index (χ1v) is 7.59. The Balaban J connectivity index is 1.66. The van der Waals surface area contributed by atoms with E-state index in [1.807, 2.05) is 16.8 Å². The molecule has 1 atom stereocenters. The molecule has 9 heteroatoms. The molecule has 3 aromatic rings. The molecule has 1 aromatic carbocycles. The summed E-state index contributed by atoms with van der Waals surface area (Å²) in [5, 5.41) is 26.0. The number of aliphatic hydroxyl groups is 1. The standard InChI is InChI=1S/C14H12F2N4O2S/c15-14(16)22-11-3-1-9(2-4-11)12(21)7-20-18-13(17-19-20)10-5-6-23-8-10/h1-6,8,12,14,21H,7H2/t12-/m0/s1. The molecule has 0 aliphatic carbocycles. The van der Waals surface area contributed by atoms with Gasteiger partial charge in [0.1, 0.15) is 11.9 Å². The second-order valence-corrected chi connectivity index (χ2v) is 5.42. The molecule has 2 heterocycles. The van der Waals surface area contributed by atoms with E-state index in [4.69, 9.17) is 0 Å². The van der Waals surface area contributed by atoms with Crippen molar-refractivity contribution in [2.45, 2.75) is 19.3 Å². The molecule has 3 rings (SSSR count). The van der Waals surface area contributed by atoms with Crippen LogP contribution < -0.4 is 4.74 Å². The summed E-state index contributed by atoms with van der Waals surface area (Å²) < 4.78 is 28.4. The third-order valence-corrected chi connectivity index (χ3v) is 3.74. The highest BCUT2D eigenvalue weighted by atomic mass is 32.1. The van der Waals surface area contributed by atoms with E-state index < -0.39 is 12.7 Å². The summed E-state index contributed by atoms with van der Waals surface area (Å²) in [6.45, 7) is -2.77. The van der Waals surface area contributed by atoms with Crippen molar-refractivity contribution in [2.75, 3.05) is 0 Å². The SMILES string of the molecule is O[C@@H](Cn1nnc(-c2ccsc2)n1)c1ccc(OC(F)F)cc1. The molecule has 23 heavy (non-hydrogen) atoms. The van der Waals surface area contributed by atoms with Crippen LogP contribution in [-0.4, -0.2) is 31.9 Å². The predicted octanol–water partition coefficient (Wildman–Crippen LogP) is 2.74. The van der Waals surface area contributed by atoms with Gasteiger partial charge in [-0.25, -0.2) is 0 Å². The minimum Gasteiger partial charge on any atom is -0.435 e. The number of hydrogen-bond donors (Lipinski definition) is 1. The third-order valence-electron chi connectivity index (χ3n) is 3.06. The lowest BCUT2D eigenvalue weighted by Crippen LogP contribution is -2.11. The number of thiophene rings is 1. The molecule has 1 N–H and O–H groups in total. The van der Waals surface area contributed by atoms with Crippen molar-refractivity contribution < 1.29 is 18.6 Å². The Morgan fingerprint density at radius 1 is 1.22 bits per heavy atom. The molecular formula is C14H12F2N4O2S. The lowest BCUT2D eigenvalue weighted by Gasteiger charge is -2.11. The van der Waals surface area contributed by atoms with E-state index in [2.05, 4.69) is 20.1 Å². The quantitative estimate of drug-likeness (QED) is 0.748. The number of hydrogen-bond acceptors (Lipinski definition) is 6. The van der Waals surface area contributed by atoms with E-state index in [0.29, 0.717) is 11.4 Å². The van der Waals surface area contributed by atoms with E-state index in [0.717, 1.165) is 5.56 Å². The maximum absolute atomic E-state index is 12.1. The average Bonchev–Trinajstić information content (AvgIpc) is 3.18. The summed E-state index contributed by atoms with van der Waals surface area (Å²) in [4.78, 5) is 1.29. The Bertz CT molecular complexity index is 746. The second-order valence-electron chi connectivity index (χ2n) is 4.64. The fourth-order valence-corrected chi connectivity index (χ4v) is 2.59. The maximum Gasteiger partial charge on any atom is 0.387 e. The Morgan fingerprint density at radius 2 is 2.00 bits per heavy atom. The fraction of sp³-hybridized carbons (Fsp3) is 0.214. The van der Waals surface area contributed by atoms with Crippen molar-refractivity contribution in [3.63, 3.8) is 0 Å². The zero-order valence-corrected chi connectivity index (χ0v) is 12.5. The van der Waals surface area contributed by atoms with Gasteiger partial charge >= 0.3 is 6.61 Å². The van der Waals surface area contributed by atoms with Crippen LogP contribution in [0.15, 0.2) is 41.1 Å². The first-order chi connectivity index (χ1) is 11.1. The molecule has 0 saturated heterocycles. The summed E-state index contributed by atoms with van der Waals surface area (Å²) in [6.07, 6.45) is -0.889. The monoisotopic (exact) mass is 338 g/mol. The number of rotatable bonds is 6. The number of alkyl halides is 2. The summed E-state index contributed by atoms with van der Waals surface area (Å²) in [7, 11) is 0. The van der Waals surface area contributed by atoms with Gasteiger partial charge < -0.3 is 9.84 Å². The average molecular weight is 338 g/mol. The number of ether oxygens (including phenoxy) is 1. The molecule has 0 radical (unpaired) electrons. The van der Waals surface area contributed by atoms with Crippen LogP contribution >= 0.6 is 11.3 Å². The number of aromatic nitrogens is 4. The first kappa shape index (κ1) is 15.5. The van der Waals surface area contributed by atoms with Crippen LogP contribution in [0.2, 0.25) is 0 Å². The van der Waals surface area contributed by atoms with Gasteiger partial charge in [0.15, 0.2) is 0 Å². The molecule has 6 nitrogen and oxygen atoms in total. The largest absolute Gasteiger partial charge is 0.435 e. The summed E-state index contributed by atoms with van der Waals surface area (Å²) in [5.74, 6) is 0.522. The number of halogens is 2. The molecule has 0 amide bonds. The van der Waals surface area contributed by atoms with Gasteiger partial charge in [-0.2, -0.15) is 24.9 Å². The van der Waals surface area contributed by atoms with Crippen molar-refractivity contribution in [3.05, 3.63) is 46.7 Å². The number of tetrazole rings is 1. The molecule has 0 aliphatic heterocycles. The molecule has 0 fully saturated rings. The predicted molar refractivity (Wildman–Crippen MR) is 79.2 cm³/mol. The lowest BCUT2D eigenvalue weighted by molar-refractivity contribution is -0.0498. The molecule has 0 aliphatic rings. The van der Waals surface area contributed by atoms with Gasteiger partial charge in [-0.3, -0.25) is 0 Å². The Morgan fingerprint density at radius 3 is 2.65 bits per heavy atom. The van der Waals surface area contributed by atoms with Crippen LogP contribution in [0.5, 0.6) is 5.75 Å². The smallest absolute Gasteiger partial charge is 0.387 e. The van der Waals surface area contributed by atoms with E-state index >= 15 is 0 Å². The van der Waals surface area contributed by atoms with Crippen LogP contribution in [0.1, 0.15) is 11.7 Å². The molecule has 0 spiro atoms. The van der Waals surface area contributed by atoms with E-state index in [1.165, 1.54) is 40.4 Å². The van der Waals surface area contributed by atoms with Crippen molar-refractivity contribution in [3.8, 4) is 17.1 Å². The van der Waals surface area contributed by atoms with Crippen LogP contribution in [-0.2, 0) is 6.54 Å². The van der Waals surface area contributed by atoms with Gasteiger partial charge in [-0.1, -0.05) is 12.1 Å². The van der Waals surface area contributed by atoms with Crippen LogP contribution in [0, 0.1) is 0 Å². The highest BCUT2D eigenvalue weighted by molar-refractivity contribution is 7.08. The van der Waals surface area contributed by atoms with Gasteiger partial charge in [-0.15, -0.1) is 10.2 Å². The van der Waals surface area contributed by atoms with Crippen LogP contribution in [0.3, 0.4) is 0 Å². The molecular weight excluding hydrogens is 326 g/mol. The summed E-state index contributed by atoms with van der Waals surface area (Å²) in [6, 6.07) is 7.65. The number of nitrogens with zero attached hydrogens (tertiary/aromatic N) is 4. The van der Waals surface area contributed by atoms with Crippen molar-refractivity contribution in [1.29, 1.82) is 0 Å². The third kappa shape index (κ3) is 3.88. The zero-order chi connectivity index (χ0) is 16.2. The molecule has 120 valence electrons. The highest BCUT2D eigenvalue weighted by Gasteiger charge is 2.13. The van der Waals surface area contributed by atoms with Crippen LogP contribution in [0.25, 0.3) is 11.4 Å². The number of aliphatic hydroxyl groups excluding tert-OH is 1. The Hall–Kier alpha value is -2.39. The maximum atomic E-state index is 12.1. The minimum atomic E-state index is -2.87. The highest BCUT2D eigenvalue weighted by Crippen LogP contribution is 2.21. The molecule has 0 bridgehead atoms. The number of benzene rings is 1. The molecule has 2 aromatic heterocycles. The molecule has 0 unspecified atom stereocenters. The van der Waals surface area contributed by atoms with Crippen molar-refractivity contribution in [1.82, 2.24) is 20.2 Å². The van der Waals surface area contributed by atoms with Crippen LogP contribution in [0.4, 0.5) is 8.78 Å². The fourth-order valence-electron chi connectivity index (χ4n) is 1.96. The topological polar surface area (TPSA) is 73.1 Å². The molecule has 0 saturated carbocycles. The van der Waals surface area contributed by atoms with Crippen molar-refractivity contribution >= 4 is 11.3 Å².